The molecule has 1 saturated carbocycles. The van der Waals surface area contributed by atoms with E-state index in [1.807, 2.05) is 4.90 Å². The summed E-state index contributed by atoms with van der Waals surface area (Å²) in [5.74, 6) is 0.834. The molecule has 1 spiro atoms. The zero-order chi connectivity index (χ0) is 31.7. The predicted octanol–water partition coefficient (Wildman–Crippen LogP) is 1.20. The van der Waals surface area contributed by atoms with Crippen LogP contribution in [0.25, 0.3) is 0 Å². The predicted molar refractivity (Wildman–Crippen MR) is 165 cm³/mol. The van der Waals surface area contributed by atoms with E-state index < -0.39 is 31.6 Å². The molecule has 0 radical (unpaired) electrons. The van der Waals surface area contributed by atoms with E-state index in [-0.39, 0.29) is 34.2 Å². The van der Waals surface area contributed by atoms with Crippen molar-refractivity contribution in [3.05, 3.63) is 36.5 Å². The van der Waals surface area contributed by atoms with Crippen LogP contribution in [0.3, 0.4) is 0 Å². The molecule has 1 aliphatic carbocycles. The van der Waals surface area contributed by atoms with Crippen molar-refractivity contribution in [1.82, 2.24) is 14.6 Å². The van der Waals surface area contributed by atoms with Gasteiger partial charge in [0.15, 0.2) is 9.84 Å². The first-order valence-corrected chi connectivity index (χ1v) is 18.5. The van der Waals surface area contributed by atoms with Crippen molar-refractivity contribution in [3.8, 4) is 11.6 Å². The van der Waals surface area contributed by atoms with Gasteiger partial charge >= 0.3 is 0 Å². The van der Waals surface area contributed by atoms with Gasteiger partial charge in [0.2, 0.25) is 15.9 Å². The molecule has 248 valence electrons. The third-order valence-electron chi connectivity index (χ3n) is 8.98. The Hall–Kier alpha value is -2.53. The fraction of sp³-hybridized carbons (Fsp3) is 0.633. The monoisotopic (exact) mass is 666 g/mol. The van der Waals surface area contributed by atoms with E-state index >= 15 is 0 Å². The first kappa shape index (κ1) is 32.4. The number of ether oxygens (including phenoxy) is 4. The highest BCUT2D eigenvalue weighted by Gasteiger charge is 2.45. The molecule has 3 aliphatic heterocycles. The standard InChI is InChI=1S/C30H42N4O9S2/c1-40-13-11-33-12-14-41-29-28(33)16-27(19-32-29)45(38,39)34-9-7-30(8-10-34)17-22(20-43-30)31-18-23(35)21-42-24-3-2-4-26(15-24)44(36,37)25-5-6-25/h2-4,15-16,19,22-23,25,31,35H,5-14,17-18,20-21H2,1H3. The van der Waals surface area contributed by atoms with Gasteiger partial charge in [-0.25, -0.2) is 21.8 Å². The van der Waals surface area contributed by atoms with Crippen LogP contribution in [-0.2, 0) is 29.3 Å². The molecule has 2 N–H and O–H groups in total. The molecule has 3 fully saturated rings. The minimum Gasteiger partial charge on any atom is -0.491 e. The first-order valence-electron chi connectivity index (χ1n) is 15.5. The lowest BCUT2D eigenvalue weighted by molar-refractivity contribution is -0.0312. The van der Waals surface area contributed by atoms with Gasteiger partial charge in [0, 0.05) is 39.3 Å². The Kier molecular flexibility index (Phi) is 9.58. The summed E-state index contributed by atoms with van der Waals surface area (Å²) in [5, 5.41) is 13.6. The Morgan fingerprint density at radius 2 is 1.93 bits per heavy atom. The van der Waals surface area contributed by atoms with Crippen LogP contribution in [0, 0.1) is 0 Å². The van der Waals surface area contributed by atoms with Crippen molar-refractivity contribution in [2.24, 2.45) is 0 Å². The van der Waals surface area contributed by atoms with Crippen molar-refractivity contribution in [3.63, 3.8) is 0 Å². The highest BCUT2D eigenvalue weighted by atomic mass is 32.2. The summed E-state index contributed by atoms with van der Waals surface area (Å²) in [5.41, 5.74) is 0.237. The van der Waals surface area contributed by atoms with E-state index in [9.17, 15) is 21.9 Å². The van der Waals surface area contributed by atoms with E-state index in [2.05, 4.69) is 10.3 Å². The molecule has 2 unspecified atom stereocenters. The number of methoxy groups -OCH3 is 1. The number of fused-ring (bicyclic) bond motifs is 1. The van der Waals surface area contributed by atoms with E-state index in [1.54, 1.807) is 31.4 Å². The number of aliphatic hydroxyl groups excluding tert-OH is 1. The summed E-state index contributed by atoms with van der Waals surface area (Å²) in [6, 6.07) is 8.08. The molecular formula is C30H42N4O9S2. The molecule has 15 heteroatoms. The number of anilines is 1. The summed E-state index contributed by atoms with van der Waals surface area (Å²) in [6.07, 6.45) is 3.79. The third kappa shape index (κ3) is 7.24. The SMILES string of the molecule is COCCN1CCOc2ncc(S(=O)(=O)N3CCC4(CC3)CC(NCC(O)COc3cccc(S(=O)(=O)C5CC5)c3)CO4)cc21. The molecule has 2 atom stereocenters. The number of aliphatic hydroxyl groups is 1. The van der Waals surface area contributed by atoms with Crippen LogP contribution in [0.2, 0.25) is 0 Å². The van der Waals surface area contributed by atoms with Gasteiger partial charge in [0.1, 0.15) is 35.7 Å². The molecule has 13 nitrogen and oxygen atoms in total. The summed E-state index contributed by atoms with van der Waals surface area (Å²) >= 11 is 0. The third-order valence-corrected chi connectivity index (χ3v) is 13.1. The molecule has 2 saturated heterocycles. The lowest BCUT2D eigenvalue weighted by Gasteiger charge is -2.38. The second kappa shape index (κ2) is 13.3. The molecule has 0 bridgehead atoms. The average molecular weight is 667 g/mol. The van der Waals surface area contributed by atoms with Gasteiger partial charge in [0.25, 0.3) is 0 Å². The highest BCUT2D eigenvalue weighted by molar-refractivity contribution is 7.92. The van der Waals surface area contributed by atoms with Crippen LogP contribution in [0.15, 0.2) is 46.3 Å². The maximum Gasteiger partial charge on any atom is 0.244 e. The topological polar surface area (TPSA) is 157 Å². The number of piperidine rings is 1. The molecule has 4 heterocycles. The number of sulfone groups is 1. The second-order valence-corrected chi connectivity index (χ2v) is 16.4. The fourth-order valence-electron chi connectivity index (χ4n) is 6.18. The van der Waals surface area contributed by atoms with Crippen molar-refractivity contribution >= 4 is 25.5 Å². The number of benzene rings is 1. The molecule has 4 aliphatic rings. The van der Waals surface area contributed by atoms with Gasteiger partial charge in [-0.05, 0) is 56.4 Å². The van der Waals surface area contributed by atoms with E-state index in [1.165, 1.54) is 16.6 Å². The summed E-state index contributed by atoms with van der Waals surface area (Å²) < 4.78 is 76.4. The van der Waals surface area contributed by atoms with Crippen molar-refractivity contribution in [2.45, 2.75) is 64.9 Å². The van der Waals surface area contributed by atoms with Crippen LogP contribution in [0.5, 0.6) is 11.6 Å². The second-order valence-electron chi connectivity index (χ2n) is 12.2. The van der Waals surface area contributed by atoms with E-state index in [4.69, 9.17) is 18.9 Å². The largest absolute Gasteiger partial charge is 0.491 e. The number of pyridine rings is 1. The maximum atomic E-state index is 13.6. The number of nitrogens with zero attached hydrogens (tertiary/aromatic N) is 3. The minimum atomic E-state index is -3.76. The maximum absolute atomic E-state index is 13.6. The number of hydrogen-bond donors (Lipinski definition) is 2. The quantitative estimate of drug-likeness (QED) is 0.316. The Bertz CT molecular complexity index is 1560. The summed E-state index contributed by atoms with van der Waals surface area (Å²) in [4.78, 5) is 6.73. The van der Waals surface area contributed by atoms with Gasteiger partial charge in [-0.2, -0.15) is 4.31 Å². The van der Waals surface area contributed by atoms with Crippen LogP contribution >= 0.6 is 0 Å². The Morgan fingerprint density at radius 1 is 1.13 bits per heavy atom. The lowest BCUT2D eigenvalue weighted by atomic mass is 9.88. The molecule has 1 aromatic heterocycles. The van der Waals surface area contributed by atoms with E-state index in [0.29, 0.717) is 95.4 Å². The summed E-state index contributed by atoms with van der Waals surface area (Å²) in [6.45, 7) is 3.66. The molecule has 6 rings (SSSR count). The molecule has 45 heavy (non-hydrogen) atoms. The molecular weight excluding hydrogens is 624 g/mol. The van der Waals surface area contributed by atoms with Crippen LogP contribution in [-0.4, -0.2) is 120 Å². The van der Waals surface area contributed by atoms with Gasteiger partial charge < -0.3 is 34.3 Å². The number of nitrogens with one attached hydrogen (secondary N) is 1. The van der Waals surface area contributed by atoms with Crippen LogP contribution in [0.1, 0.15) is 32.1 Å². The van der Waals surface area contributed by atoms with Gasteiger partial charge in [-0.3, -0.25) is 0 Å². The smallest absolute Gasteiger partial charge is 0.244 e. The van der Waals surface area contributed by atoms with Gasteiger partial charge in [0.05, 0.1) is 41.7 Å². The lowest BCUT2D eigenvalue weighted by Crippen LogP contribution is -2.47. The number of rotatable bonds is 13. The number of sulfonamides is 1. The Labute approximate surface area is 264 Å². The van der Waals surface area contributed by atoms with Gasteiger partial charge in [-0.1, -0.05) is 6.07 Å². The normalized spacial score (nSPS) is 22.6. The molecule has 2 aromatic rings. The highest BCUT2D eigenvalue weighted by Crippen LogP contribution is 2.39. The molecule has 0 amide bonds. The zero-order valence-electron chi connectivity index (χ0n) is 25.5. The van der Waals surface area contributed by atoms with Crippen molar-refractivity contribution < 1.29 is 40.9 Å². The average Bonchev–Trinajstić information content (AvgIpc) is 3.85. The van der Waals surface area contributed by atoms with Gasteiger partial charge in [-0.15, -0.1) is 0 Å². The van der Waals surface area contributed by atoms with Crippen LogP contribution in [0.4, 0.5) is 5.69 Å². The summed E-state index contributed by atoms with van der Waals surface area (Å²) in [7, 11) is -5.44. The zero-order valence-corrected chi connectivity index (χ0v) is 27.1. The van der Waals surface area contributed by atoms with E-state index in [0.717, 1.165) is 0 Å². The van der Waals surface area contributed by atoms with Crippen LogP contribution < -0.4 is 19.7 Å². The first-order chi connectivity index (χ1) is 21.6. The van der Waals surface area contributed by atoms with Crippen molar-refractivity contribution in [2.75, 3.05) is 71.2 Å². The Morgan fingerprint density at radius 3 is 2.69 bits per heavy atom. The minimum absolute atomic E-state index is 0.0118. The number of hydrogen-bond acceptors (Lipinski definition) is 12. The number of aromatic nitrogens is 1. The molecule has 1 aromatic carbocycles. The Balaban J connectivity index is 0.974. The van der Waals surface area contributed by atoms with Crippen molar-refractivity contribution in [1.29, 1.82) is 0 Å². The fourth-order valence-corrected chi connectivity index (χ4v) is 9.28.